The number of nitriles is 2. The fraction of sp³-hybridized carbons (Fsp3) is 0.254. The molecule has 0 bridgehead atoms. The van der Waals surface area contributed by atoms with Crippen molar-refractivity contribution >= 4 is 86.4 Å². The molecule has 0 spiro atoms. The van der Waals surface area contributed by atoms with Crippen LogP contribution in [-0.2, 0) is 74.1 Å². The lowest BCUT2D eigenvalue weighted by Crippen LogP contribution is -2.44. The van der Waals surface area contributed by atoms with Gasteiger partial charge in [0.1, 0.15) is 85.8 Å². The number of hydrogen-bond donors (Lipinski definition) is 7. The lowest BCUT2D eigenvalue weighted by Gasteiger charge is -2.20. The van der Waals surface area contributed by atoms with Crippen LogP contribution in [-0.4, -0.2) is 129 Å². The first-order chi connectivity index (χ1) is 47.2. The average molecular weight is 1420 g/mol. The largest absolute Gasteiger partial charge is 0.480 e. The topological polar surface area (TPSA) is 467 Å². The Labute approximate surface area is 566 Å². The normalized spacial score (nSPS) is 16.8. The number of nitrogens with one attached hydrogen (secondary N) is 3. The van der Waals surface area contributed by atoms with Gasteiger partial charge in [-0.05, 0) is 68.7 Å². The third-order valence-electron chi connectivity index (χ3n) is 16.2. The molecule has 0 radical (unpaired) electrons. The number of primary amides is 1. The van der Waals surface area contributed by atoms with Crippen LogP contribution in [0.4, 0.5) is 48.1 Å². The number of methoxy groups -OCH3 is 3. The molecule has 32 nitrogen and oxygen atoms in total. The second-order valence-electron chi connectivity index (χ2n) is 22.1. The number of nitrogens with zero attached hydrogens (tertiary/aromatic N) is 14. The summed E-state index contributed by atoms with van der Waals surface area (Å²) in [5.74, 6) is -5.63. The minimum Gasteiger partial charge on any atom is -0.480 e. The van der Waals surface area contributed by atoms with E-state index in [1.165, 1.54) is 74.3 Å². The molecule has 0 saturated carbocycles. The number of nitrogens with two attached hydrogens (primary N) is 4. The minimum absolute atomic E-state index is 0.00401. The van der Waals surface area contributed by atoms with Crippen molar-refractivity contribution in [2.75, 3.05) is 67.7 Å². The predicted octanol–water partition coefficient (Wildman–Crippen LogP) is 5.10. The number of nitrogen functional groups attached to an aromatic ring is 3. The first-order valence-electron chi connectivity index (χ1n) is 29.4. The van der Waals surface area contributed by atoms with Crippen molar-refractivity contribution in [1.29, 1.82) is 10.5 Å². The van der Waals surface area contributed by atoms with Crippen molar-refractivity contribution in [3.63, 3.8) is 0 Å². The summed E-state index contributed by atoms with van der Waals surface area (Å²) in [6, 6.07) is 22.5. The molecule has 9 heterocycles. The fourth-order valence-corrected chi connectivity index (χ4v) is 11.6. The molecule has 3 aliphatic rings. The Morgan fingerprint density at radius 3 is 1.13 bits per heavy atom. The number of rotatable bonds is 17. The number of esters is 2. The number of carbonyl (C=O) groups is 6. The number of aromatic nitrogens is 12. The van der Waals surface area contributed by atoms with Crippen LogP contribution in [0.5, 0.6) is 17.6 Å². The minimum atomic E-state index is -1.74. The van der Waals surface area contributed by atoms with Gasteiger partial charge in [0, 0.05) is 16.7 Å². The molecule has 3 atom stereocenters. The molecule has 508 valence electrons. The summed E-state index contributed by atoms with van der Waals surface area (Å²) in [5, 5.41) is 40.2. The molecule has 3 aromatic carbocycles. The van der Waals surface area contributed by atoms with Gasteiger partial charge in [0.25, 0.3) is 0 Å². The van der Waals surface area contributed by atoms with Crippen molar-refractivity contribution in [2.24, 2.45) is 5.73 Å². The molecule has 0 fully saturated rings. The first-order valence-corrected chi connectivity index (χ1v) is 30.2. The van der Waals surface area contributed by atoms with Crippen molar-refractivity contribution in [3.8, 4) is 64.3 Å². The van der Waals surface area contributed by atoms with Gasteiger partial charge in [-0.15, -0.1) is 0 Å². The van der Waals surface area contributed by atoms with E-state index >= 15 is 0 Å². The molecular weight excluding hydrogens is 1360 g/mol. The molecule has 0 aliphatic carbocycles. The Bertz CT molecular complexity index is 4930. The highest BCUT2D eigenvalue weighted by Crippen LogP contribution is 2.46. The second-order valence-corrected chi connectivity index (χ2v) is 22.9. The number of benzene rings is 3. The zero-order chi connectivity index (χ0) is 71.7. The predicted molar refractivity (Wildman–Crippen MR) is 347 cm³/mol. The number of fused-ring (bicyclic) bond motifs is 3. The maximum absolute atomic E-state index is 14.2. The molecule has 0 saturated heterocycles. The Morgan fingerprint density at radius 2 is 0.818 bits per heavy atom. The summed E-state index contributed by atoms with van der Waals surface area (Å²) in [7, 11) is 4.14. The average Bonchev–Trinajstić information content (AvgIpc) is 1.60. The smallest absolute Gasteiger partial charge is 0.326 e. The molecule has 6 aromatic heterocycles. The van der Waals surface area contributed by atoms with Gasteiger partial charge in [0.2, 0.25) is 41.3 Å². The summed E-state index contributed by atoms with van der Waals surface area (Å²) < 4.78 is 73.2. The number of halogens is 4. The highest BCUT2D eigenvalue weighted by atomic mass is 79.9. The lowest BCUT2D eigenvalue weighted by molar-refractivity contribution is -0.153. The number of ether oxygens (including phenoxy) is 5. The molecule has 11 N–H and O–H groups in total. The molecular formula is C63H57BrF3N21O11. The number of amides is 4. The number of carbonyl (C=O) groups excluding carboxylic acids is 6. The zero-order valence-electron chi connectivity index (χ0n) is 53.5. The van der Waals surface area contributed by atoms with E-state index < -0.39 is 63.4 Å². The maximum Gasteiger partial charge on any atom is 0.326 e. The third kappa shape index (κ3) is 12.0. The van der Waals surface area contributed by atoms with E-state index in [-0.39, 0.29) is 148 Å². The van der Waals surface area contributed by atoms with E-state index in [4.69, 9.17) is 46.6 Å². The highest BCUT2D eigenvalue weighted by Gasteiger charge is 2.55. The van der Waals surface area contributed by atoms with Gasteiger partial charge in [-0.1, -0.05) is 54.6 Å². The van der Waals surface area contributed by atoms with Crippen LogP contribution in [0.15, 0.2) is 77.3 Å². The van der Waals surface area contributed by atoms with Crippen molar-refractivity contribution < 1.29 is 65.6 Å². The Morgan fingerprint density at radius 1 is 0.515 bits per heavy atom. The van der Waals surface area contributed by atoms with Crippen LogP contribution in [0.2, 0.25) is 0 Å². The lowest BCUT2D eigenvalue weighted by atomic mass is 9.84. The molecule has 9 aromatic rings. The second kappa shape index (κ2) is 27.3. The highest BCUT2D eigenvalue weighted by molar-refractivity contribution is 9.10. The van der Waals surface area contributed by atoms with E-state index in [0.29, 0.717) is 27.0 Å². The van der Waals surface area contributed by atoms with Crippen molar-refractivity contribution in [1.82, 2.24) is 59.2 Å². The molecule has 36 heteroatoms. The van der Waals surface area contributed by atoms with Gasteiger partial charge in [-0.2, -0.15) is 25.8 Å². The van der Waals surface area contributed by atoms with Crippen LogP contribution < -0.4 is 53.1 Å². The van der Waals surface area contributed by atoms with Gasteiger partial charge in [0.15, 0.2) is 45.1 Å². The van der Waals surface area contributed by atoms with Crippen LogP contribution in [0, 0.1) is 40.1 Å². The summed E-state index contributed by atoms with van der Waals surface area (Å²) in [5.41, 5.74) is 20.2. The number of hydrogen-bond acceptors (Lipinski definition) is 25. The van der Waals surface area contributed by atoms with E-state index in [1.807, 2.05) is 12.1 Å². The number of anilines is 6. The van der Waals surface area contributed by atoms with Gasteiger partial charge >= 0.3 is 11.9 Å². The third-order valence-corrected chi connectivity index (χ3v) is 16.9. The van der Waals surface area contributed by atoms with Gasteiger partial charge < -0.3 is 62.6 Å². The van der Waals surface area contributed by atoms with Crippen LogP contribution in [0.3, 0.4) is 0 Å². The zero-order valence-corrected chi connectivity index (χ0v) is 55.1. The van der Waals surface area contributed by atoms with Crippen molar-refractivity contribution in [2.45, 2.75) is 70.5 Å². The summed E-state index contributed by atoms with van der Waals surface area (Å²) in [6.07, 6.45) is 0. The summed E-state index contributed by atoms with van der Waals surface area (Å²) in [4.78, 5) is 100. The Hall–Kier alpha value is -12.6. The molecule has 12 rings (SSSR count). The maximum atomic E-state index is 14.2. The van der Waals surface area contributed by atoms with Crippen LogP contribution in [0.1, 0.15) is 79.1 Å². The summed E-state index contributed by atoms with van der Waals surface area (Å²) >= 11 is 3.43. The fourth-order valence-electron chi connectivity index (χ4n) is 11.0. The quantitative estimate of drug-likeness (QED) is 0.0460. The molecule has 3 aliphatic heterocycles. The molecule has 4 amide bonds. The van der Waals surface area contributed by atoms with E-state index in [2.05, 4.69) is 77.1 Å². The van der Waals surface area contributed by atoms with Gasteiger partial charge in [-0.3, -0.25) is 28.8 Å². The Kier molecular flexibility index (Phi) is 19.1. The monoisotopic (exact) mass is 1420 g/mol. The Balaban J connectivity index is 0.000000161. The first kappa shape index (κ1) is 69.2. The standard InChI is InChI=1S/C22H20FN7O4.C21H20BrFN6O4.C20H17FN8O3/c1-4-34-21(32)22(2)14-16(25)26-18(27-17(14)28-20(22)31)15-12(9-24)19(33-3)30(29-15)10-11-7-5-6-8-13(11)23;1-4-33-20(31)21(2)12-15(24)25-17(26-16(12)27-19(21)30)14-13(22)18(32-3)29(28-14)9-10-7-5-6-8-11(10)23;1-20(18(24)30)12-14(23)25-16(26-15(12)27-19(20)31)13-10(7-22)17(32-2)29(28-13)8-9-5-3-4-6-11(9)21/h5-8H,4,10H2,1-3H3,(H3,25,26,27,28,31);5-8H,4,9H2,1-3H3,(H3,24,25,26,27,30);3-6H,8H2,1-2H3,(H2,24,30)(H3,23,25,26,27,31). The van der Waals surface area contributed by atoms with E-state index in [1.54, 1.807) is 68.4 Å². The van der Waals surface area contributed by atoms with E-state index in [9.17, 15) is 52.5 Å². The van der Waals surface area contributed by atoms with Crippen molar-refractivity contribution in [3.05, 3.63) is 139 Å². The van der Waals surface area contributed by atoms with Crippen LogP contribution in [0.25, 0.3) is 34.6 Å². The van der Waals surface area contributed by atoms with Crippen LogP contribution >= 0.6 is 15.9 Å². The molecule has 3 unspecified atom stereocenters. The SMILES string of the molecule is CCOC(=O)C1(C)C(=O)Nc2nc(-c3nn(Cc4ccccc4F)c(OC)c3Br)nc(N)c21.CCOC(=O)C1(C)C(=O)Nc2nc(-c3nn(Cc4ccccc4F)c(OC)c3C#N)nc(N)c21.COc1c(C#N)c(-c2nc(N)c3c(n2)NC(=O)C3(C)C(N)=O)nn1Cc1ccccc1F. The van der Waals surface area contributed by atoms with E-state index in [0.717, 1.165) is 0 Å². The summed E-state index contributed by atoms with van der Waals surface area (Å²) in [6.45, 7) is 7.57. The van der Waals surface area contributed by atoms with Gasteiger partial charge in [0.05, 0.1) is 70.9 Å². The molecule has 99 heavy (non-hydrogen) atoms. The van der Waals surface area contributed by atoms with Gasteiger partial charge in [-0.25, -0.2) is 57.1 Å².